The van der Waals surface area contributed by atoms with Crippen molar-refractivity contribution < 1.29 is 14.4 Å². The molecule has 4 rings (SSSR count). The predicted octanol–water partition coefficient (Wildman–Crippen LogP) is 6.37. The van der Waals surface area contributed by atoms with Crippen LogP contribution >= 0.6 is 46.4 Å². The van der Waals surface area contributed by atoms with Gasteiger partial charge in [-0.1, -0.05) is 52.5 Å². The van der Waals surface area contributed by atoms with Crippen LogP contribution in [-0.4, -0.2) is 22.4 Å². The largest absolute Gasteiger partial charge is 0.336 e. The molecule has 3 aromatic rings. The number of anilines is 1. The fourth-order valence-electron chi connectivity index (χ4n) is 3.66. The van der Waals surface area contributed by atoms with Crippen molar-refractivity contribution >= 4 is 76.0 Å². The van der Waals surface area contributed by atoms with Crippen LogP contribution in [0.15, 0.2) is 48.0 Å². The number of carbonyl (C=O) groups excluding carboxylic acids is 3. The number of nitrogens with one attached hydrogen (secondary N) is 1. The highest BCUT2D eigenvalue weighted by molar-refractivity contribution is 6.46. The maximum absolute atomic E-state index is 13.2. The molecular formula is C23H15Cl4N3O3. The number of amides is 4. The van der Waals surface area contributed by atoms with Gasteiger partial charge in [-0.05, 0) is 61.9 Å². The van der Waals surface area contributed by atoms with E-state index in [9.17, 15) is 14.4 Å². The van der Waals surface area contributed by atoms with Gasteiger partial charge in [-0.2, -0.15) is 0 Å². The molecule has 2 aromatic carbocycles. The number of barbiturate groups is 1. The summed E-state index contributed by atoms with van der Waals surface area (Å²) >= 11 is 24.6. The molecule has 1 saturated heterocycles. The van der Waals surface area contributed by atoms with Crippen molar-refractivity contribution in [3.05, 3.63) is 85.1 Å². The van der Waals surface area contributed by atoms with Gasteiger partial charge >= 0.3 is 6.03 Å². The van der Waals surface area contributed by atoms with Crippen LogP contribution < -0.4 is 10.2 Å². The van der Waals surface area contributed by atoms with Crippen molar-refractivity contribution in [3.8, 4) is 5.69 Å². The zero-order valence-electron chi connectivity index (χ0n) is 17.2. The van der Waals surface area contributed by atoms with E-state index in [4.69, 9.17) is 46.4 Å². The Labute approximate surface area is 209 Å². The number of benzene rings is 2. The van der Waals surface area contributed by atoms with E-state index in [1.54, 1.807) is 30.3 Å². The van der Waals surface area contributed by atoms with E-state index in [1.165, 1.54) is 18.2 Å². The predicted molar refractivity (Wildman–Crippen MR) is 131 cm³/mol. The minimum absolute atomic E-state index is 0.0203. The summed E-state index contributed by atoms with van der Waals surface area (Å²) < 4.78 is 1.88. The van der Waals surface area contributed by atoms with Crippen molar-refractivity contribution in [2.45, 2.75) is 13.8 Å². The maximum atomic E-state index is 13.2. The Morgan fingerprint density at radius 3 is 2.30 bits per heavy atom. The second kappa shape index (κ2) is 8.88. The molecule has 0 spiro atoms. The molecule has 168 valence electrons. The molecule has 1 fully saturated rings. The van der Waals surface area contributed by atoms with Crippen LogP contribution in [0.1, 0.15) is 17.0 Å². The fourth-order valence-corrected chi connectivity index (χ4v) is 4.54. The van der Waals surface area contributed by atoms with E-state index < -0.39 is 17.8 Å². The number of hydrogen-bond acceptors (Lipinski definition) is 3. The van der Waals surface area contributed by atoms with E-state index >= 15 is 0 Å². The number of aryl methyl sites for hydroxylation is 1. The Balaban J connectivity index is 1.80. The monoisotopic (exact) mass is 521 g/mol. The lowest BCUT2D eigenvalue weighted by Crippen LogP contribution is -2.54. The quantitative estimate of drug-likeness (QED) is 0.320. The Kier molecular flexibility index (Phi) is 6.29. The second-order valence-electron chi connectivity index (χ2n) is 7.29. The summed E-state index contributed by atoms with van der Waals surface area (Å²) in [6.07, 6.45) is 1.43. The smallest absolute Gasteiger partial charge is 0.316 e. The zero-order chi connectivity index (χ0) is 24.0. The van der Waals surface area contributed by atoms with Crippen LogP contribution in [-0.2, 0) is 9.59 Å². The van der Waals surface area contributed by atoms with Crippen LogP contribution in [0.5, 0.6) is 0 Å². The van der Waals surface area contributed by atoms with E-state index in [0.29, 0.717) is 21.3 Å². The lowest BCUT2D eigenvalue weighted by Gasteiger charge is -2.27. The summed E-state index contributed by atoms with van der Waals surface area (Å²) in [7, 11) is 0. The molecular weight excluding hydrogens is 508 g/mol. The highest BCUT2D eigenvalue weighted by Crippen LogP contribution is 2.35. The molecule has 1 aliphatic heterocycles. The molecule has 0 aliphatic carbocycles. The molecule has 2 heterocycles. The molecule has 1 N–H and O–H groups in total. The zero-order valence-corrected chi connectivity index (χ0v) is 20.3. The Morgan fingerprint density at radius 1 is 0.879 bits per heavy atom. The first-order valence-corrected chi connectivity index (χ1v) is 11.1. The van der Waals surface area contributed by atoms with Gasteiger partial charge in [0.25, 0.3) is 11.8 Å². The van der Waals surface area contributed by atoms with Gasteiger partial charge in [-0.3, -0.25) is 14.9 Å². The number of nitrogens with zero attached hydrogens (tertiary/aromatic N) is 2. The standard InChI is InChI=1S/C23H15Cl4N3O3/c1-11-8-13(12(2)29(11)18-7-6-14(24)10-17(18)26)9-15-21(31)28-23(33)30(22(15)32)19-5-3-4-16(25)20(19)27/h3-10H,1-2H3,(H,28,31,33)/b15-9+. The minimum Gasteiger partial charge on any atom is -0.316 e. The molecule has 0 atom stereocenters. The molecule has 4 amide bonds. The number of rotatable bonds is 3. The van der Waals surface area contributed by atoms with E-state index in [1.807, 2.05) is 18.4 Å². The highest BCUT2D eigenvalue weighted by atomic mass is 35.5. The normalized spacial score (nSPS) is 15.4. The SMILES string of the molecule is Cc1cc(/C=C2\C(=O)NC(=O)N(c3cccc(Cl)c3Cl)C2=O)c(C)n1-c1ccc(Cl)cc1Cl. The van der Waals surface area contributed by atoms with Gasteiger partial charge in [0.2, 0.25) is 0 Å². The third kappa shape index (κ3) is 4.15. The van der Waals surface area contributed by atoms with E-state index in [-0.39, 0.29) is 21.3 Å². The molecule has 33 heavy (non-hydrogen) atoms. The first kappa shape index (κ1) is 23.4. The van der Waals surface area contributed by atoms with E-state index in [0.717, 1.165) is 16.3 Å². The first-order valence-electron chi connectivity index (χ1n) is 9.60. The molecule has 0 bridgehead atoms. The lowest BCUT2D eigenvalue weighted by atomic mass is 10.1. The number of imide groups is 2. The minimum atomic E-state index is -0.912. The van der Waals surface area contributed by atoms with Gasteiger partial charge in [-0.25, -0.2) is 9.69 Å². The van der Waals surface area contributed by atoms with Gasteiger partial charge in [-0.15, -0.1) is 0 Å². The van der Waals surface area contributed by atoms with Crippen molar-refractivity contribution in [2.24, 2.45) is 0 Å². The number of aromatic nitrogens is 1. The van der Waals surface area contributed by atoms with Gasteiger partial charge in [0.05, 0.1) is 26.4 Å². The average molecular weight is 523 g/mol. The molecule has 10 heteroatoms. The summed E-state index contributed by atoms with van der Waals surface area (Å²) in [5.74, 6) is -1.63. The molecule has 0 radical (unpaired) electrons. The average Bonchev–Trinajstić information content (AvgIpc) is 3.01. The Morgan fingerprint density at radius 2 is 1.61 bits per heavy atom. The third-order valence-electron chi connectivity index (χ3n) is 5.19. The molecule has 0 unspecified atom stereocenters. The highest BCUT2D eigenvalue weighted by Gasteiger charge is 2.38. The van der Waals surface area contributed by atoms with Gasteiger partial charge in [0.15, 0.2) is 0 Å². The van der Waals surface area contributed by atoms with Crippen LogP contribution in [0.2, 0.25) is 20.1 Å². The van der Waals surface area contributed by atoms with Gasteiger partial charge in [0.1, 0.15) is 5.57 Å². The summed E-state index contributed by atoms with van der Waals surface area (Å²) in [6.45, 7) is 3.69. The molecule has 1 aromatic heterocycles. The van der Waals surface area contributed by atoms with Crippen molar-refractivity contribution in [1.29, 1.82) is 0 Å². The summed E-state index contributed by atoms with van der Waals surface area (Å²) in [4.78, 5) is 39.0. The Bertz CT molecular complexity index is 1380. The van der Waals surface area contributed by atoms with E-state index in [2.05, 4.69) is 5.32 Å². The number of halogens is 4. The number of urea groups is 1. The van der Waals surface area contributed by atoms with Gasteiger partial charge in [0, 0.05) is 16.4 Å². The molecule has 1 aliphatic rings. The number of hydrogen-bond donors (Lipinski definition) is 1. The van der Waals surface area contributed by atoms with Crippen LogP contribution in [0.25, 0.3) is 11.8 Å². The van der Waals surface area contributed by atoms with Gasteiger partial charge < -0.3 is 4.57 Å². The summed E-state index contributed by atoms with van der Waals surface area (Å²) in [5.41, 5.74) is 2.69. The maximum Gasteiger partial charge on any atom is 0.336 e. The molecule has 6 nitrogen and oxygen atoms in total. The lowest BCUT2D eigenvalue weighted by molar-refractivity contribution is -0.122. The molecule has 0 saturated carbocycles. The van der Waals surface area contributed by atoms with Crippen LogP contribution in [0.3, 0.4) is 0 Å². The summed E-state index contributed by atoms with van der Waals surface area (Å²) in [6, 6.07) is 10.6. The summed E-state index contributed by atoms with van der Waals surface area (Å²) in [5, 5.41) is 3.31. The fraction of sp³-hybridized carbons (Fsp3) is 0.0870. The topological polar surface area (TPSA) is 71.4 Å². The van der Waals surface area contributed by atoms with Crippen molar-refractivity contribution in [1.82, 2.24) is 9.88 Å². The van der Waals surface area contributed by atoms with Crippen molar-refractivity contribution in [3.63, 3.8) is 0 Å². The number of carbonyl (C=O) groups is 3. The first-order chi connectivity index (χ1) is 15.6. The Hall–Kier alpha value is -2.77. The van der Waals surface area contributed by atoms with Crippen LogP contribution in [0.4, 0.5) is 10.5 Å². The van der Waals surface area contributed by atoms with Crippen molar-refractivity contribution in [2.75, 3.05) is 4.90 Å². The second-order valence-corrected chi connectivity index (χ2v) is 8.92. The van der Waals surface area contributed by atoms with Crippen LogP contribution in [0, 0.1) is 13.8 Å². The third-order valence-corrected chi connectivity index (χ3v) is 6.54.